The molecule has 3 aromatic rings. The summed E-state index contributed by atoms with van der Waals surface area (Å²) in [6.07, 6.45) is 1.84. The smallest absolute Gasteiger partial charge is 0.295 e. The van der Waals surface area contributed by atoms with Gasteiger partial charge < -0.3 is 29.0 Å². The maximum absolute atomic E-state index is 13.5. The Labute approximate surface area is 228 Å². The van der Waals surface area contributed by atoms with Crippen molar-refractivity contribution in [2.75, 3.05) is 46.5 Å². The van der Waals surface area contributed by atoms with E-state index >= 15 is 0 Å². The molecule has 2 saturated heterocycles. The number of halogens is 1. The van der Waals surface area contributed by atoms with Crippen LogP contribution >= 0.6 is 15.9 Å². The van der Waals surface area contributed by atoms with Gasteiger partial charge in [0.1, 0.15) is 11.3 Å². The number of morpholine rings is 1. The van der Waals surface area contributed by atoms with Gasteiger partial charge in [-0.15, -0.1) is 0 Å². The summed E-state index contributed by atoms with van der Waals surface area (Å²) < 4.78 is 12.9. The molecular weight excluding hydrogens is 556 g/mol. The summed E-state index contributed by atoms with van der Waals surface area (Å²) in [6, 6.07) is 6.09. The Hall–Kier alpha value is -3.41. The minimum atomic E-state index is -0.910. The first-order valence-corrected chi connectivity index (χ1v) is 13.1. The zero-order chi connectivity index (χ0) is 27.1. The number of aliphatic hydroxyl groups excluding tert-OH is 1. The van der Waals surface area contributed by atoms with Crippen LogP contribution < -0.4 is 4.74 Å². The van der Waals surface area contributed by atoms with Crippen LogP contribution in [0.15, 0.2) is 40.5 Å². The molecule has 2 aliphatic rings. The molecule has 2 aromatic heterocycles. The van der Waals surface area contributed by atoms with E-state index in [0.717, 1.165) is 18.7 Å². The van der Waals surface area contributed by atoms with Gasteiger partial charge in [0.15, 0.2) is 17.3 Å². The number of ketones is 1. The molecule has 2 N–H and O–H groups in total. The van der Waals surface area contributed by atoms with Crippen molar-refractivity contribution in [1.29, 1.82) is 0 Å². The van der Waals surface area contributed by atoms with Crippen LogP contribution in [-0.4, -0.2) is 87.6 Å². The van der Waals surface area contributed by atoms with Crippen molar-refractivity contribution in [2.45, 2.75) is 19.9 Å². The van der Waals surface area contributed by atoms with Crippen LogP contribution in [0, 0.1) is 13.8 Å². The first kappa shape index (κ1) is 26.2. The highest BCUT2D eigenvalue weighted by Gasteiger charge is 2.47. The average molecular weight is 585 g/mol. The number of benzene rings is 1. The van der Waals surface area contributed by atoms with E-state index in [1.54, 1.807) is 19.1 Å². The third-order valence-electron chi connectivity index (χ3n) is 7.20. The number of hydrogen-bond donors (Lipinski definition) is 2. The van der Waals surface area contributed by atoms with E-state index in [2.05, 4.69) is 25.8 Å². The maximum atomic E-state index is 13.5. The van der Waals surface area contributed by atoms with Crippen molar-refractivity contribution in [1.82, 2.24) is 19.2 Å². The lowest BCUT2D eigenvalue weighted by atomic mass is 9.96. The number of fused-ring (bicyclic) bond motifs is 1. The van der Waals surface area contributed by atoms with Crippen LogP contribution in [0.25, 0.3) is 11.4 Å². The minimum absolute atomic E-state index is 0.0548. The molecule has 1 aromatic carbocycles. The summed E-state index contributed by atoms with van der Waals surface area (Å²) in [4.78, 5) is 35.2. The molecule has 5 rings (SSSR count). The lowest BCUT2D eigenvalue weighted by molar-refractivity contribution is -0.140. The molecule has 1 unspecified atom stereocenters. The van der Waals surface area contributed by atoms with Crippen molar-refractivity contribution >= 4 is 39.0 Å². The van der Waals surface area contributed by atoms with Gasteiger partial charge in [-0.05, 0) is 59.1 Å². The summed E-state index contributed by atoms with van der Waals surface area (Å²) in [5, 5.41) is 22.0. The number of likely N-dealkylation sites (tertiary alicyclic amines) is 1. The zero-order valence-corrected chi connectivity index (χ0v) is 23.0. The predicted octanol–water partition coefficient (Wildman–Crippen LogP) is 3.18. The SMILES string of the molecule is COc1cc(C2C(=C(O)c3nc4c(C)cccn4c3C)C(=O)C(=O)N2CCN2CCOCC2)cc(Br)c1O. The number of methoxy groups -OCH3 is 1. The number of rotatable bonds is 6. The fourth-order valence-electron chi connectivity index (χ4n) is 5.11. The molecule has 4 heterocycles. The highest BCUT2D eigenvalue weighted by atomic mass is 79.9. The van der Waals surface area contributed by atoms with E-state index in [9.17, 15) is 19.8 Å². The second-order valence-electron chi connectivity index (χ2n) is 9.43. The van der Waals surface area contributed by atoms with Gasteiger partial charge in [0.05, 0.1) is 42.1 Å². The molecule has 1 amide bonds. The number of aliphatic hydroxyl groups is 1. The van der Waals surface area contributed by atoms with Crippen LogP contribution in [0.2, 0.25) is 0 Å². The Bertz CT molecular complexity index is 1460. The Kier molecular flexibility index (Phi) is 7.17. The lowest BCUT2D eigenvalue weighted by Crippen LogP contribution is -2.42. The Morgan fingerprint density at radius 1 is 1.21 bits per heavy atom. The van der Waals surface area contributed by atoms with Crippen LogP contribution in [0.4, 0.5) is 0 Å². The van der Waals surface area contributed by atoms with E-state index in [1.165, 1.54) is 12.0 Å². The van der Waals surface area contributed by atoms with Gasteiger partial charge in [-0.1, -0.05) is 6.07 Å². The van der Waals surface area contributed by atoms with Crippen LogP contribution in [0.3, 0.4) is 0 Å². The van der Waals surface area contributed by atoms with E-state index < -0.39 is 17.7 Å². The normalized spacial score (nSPS) is 20.0. The minimum Gasteiger partial charge on any atom is -0.505 e. The largest absolute Gasteiger partial charge is 0.505 e. The number of nitrogens with zero attached hydrogens (tertiary/aromatic N) is 4. The second kappa shape index (κ2) is 10.4. The van der Waals surface area contributed by atoms with Gasteiger partial charge in [-0.25, -0.2) is 4.98 Å². The quantitative estimate of drug-likeness (QED) is 0.258. The standard InChI is InChI=1S/C27H29BrN4O6/c1-15-5-4-6-31-16(2)21(29-26(15)31)24(34)20-22(17-13-18(28)23(33)19(14-17)37-3)32(27(36)25(20)35)8-7-30-9-11-38-12-10-30/h4-6,13-14,22,33-34H,7-12H2,1-3H3. The molecule has 38 heavy (non-hydrogen) atoms. The summed E-state index contributed by atoms with van der Waals surface area (Å²) >= 11 is 3.35. The van der Waals surface area contributed by atoms with Crippen LogP contribution in [-0.2, 0) is 14.3 Å². The number of aromatic hydroxyl groups is 1. The number of hydrogen-bond acceptors (Lipinski definition) is 8. The fraction of sp³-hybridized carbons (Fsp3) is 0.370. The monoisotopic (exact) mass is 584 g/mol. The van der Waals surface area contributed by atoms with Gasteiger partial charge in [-0.2, -0.15) is 0 Å². The summed E-state index contributed by atoms with van der Waals surface area (Å²) in [5.74, 6) is -1.76. The predicted molar refractivity (Wildman–Crippen MR) is 143 cm³/mol. The number of Topliss-reactive ketones (excluding diaryl/α,β-unsaturated/α-hetero) is 1. The number of aromatic nitrogens is 2. The Morgan fingerprint density at radius 2 is 1.95 bits per heavy atom. The number of pyridine rings is 1. The van der Waals surface area contributed by atoms with Gasteiger partial charge in [0.25, 0.3) is 11.7 Å². The van der Waals surface area contributed by atoms with E-state index in [-0.39, 0.29) is 35.1 Å². The number of imidazole rings is 1. The molecule has 11 heteroatoms. The molecule has 200 valence electrons. The van der Waals surface area contributed by atoms with Gasteiger partial charge in [0, 0.05) is 32.4 Å². The second-order valence-corrected chi connectivity index (χ2v) is 10.3. The third-order valence-corrected chi connectivity index (χ3v) is 7.80. The molecule has 10 nitrogen and oxygen atoms in total. The van der Waals surface area contributed by atoms with E-state index in [0.29, 0.717) is 41.1 Å². The summed E-state index contributed by atoms with van der Waals surface area (Å²) in [6.45, 7) is 7.19. The third kappa shape index (κ3) is 4.44. The fourth-order valence-corrected chi connectivity index (χ4v) is 5.57. The topological polar surface area (TPSA) is 117 Å². The number of aryl methyl sites for hydroxylation is 2. The Balaban J connectivity index is 1.65. The average Bonchev–Trinajstić information content (AvgIpc) is 3.39. The molecule has 0 aliphatic carbocycles. The number of carbonyl (C=O) groups is 2. The molecule has 0 radical (unpaired) electrons. The molecule has 2 fully saturated rings. The highest BCUT2D eigenvalue weighted by Crippen LogP contribution is 2.44. The van der Waals surface area contributed by atoms with Crippen molar-refractivity contribution in [3.8, 4) is 11.5 Å². The summed E-state index contributed by atoms with van der Waals surface area (Å²) in [5.41, 5.74) is 2.89. The first-order valence-electron chi connectivity index (χ1n) is 12.3. The van der Waals surface area contributed by atoms with Crippen molar-refractivity contribution in [3.63, 3.8) is 0 Å². The summed E-state index contributed by atoms with van der Waals surface area (Å²) in [7, 11) is 1.42. The maximum Gasteiger partial charge on any atom is 0.295 e. The first-order chi connectivity index (χ1) is 18.2. The number of phenols is 1. The number of ether oxygens (including phenoxy) is 2. The van der Waals surface area contributed by atoms with E-state index in [1.807, 2.05) is 29.7 Å². The van der Waals surface area contributed by atoms with Gasteiger partial charge in [-0.3, -0.25) is 14.5 Å². The molecule has 2 aliphatic heterocycles. The Morgan fingerprint density at radius 3 is 2.63 bits per heavy atom. The molecule has 0 spiro atoms. The van der Waals surface area contributed by atoms with Crippen molar-refractivity contribution < 1.29 is 29.3 Å². The highest BCUT2D eigenvalue weighted by molar-refractivity contribution is 9.10. The molecule has 0 saturated carbocycles. The van der Waals surface area contributed by atoms with Crippen molar-refractivity contribution in [2.24, 2.45) is 0 Å². The van der Waals surface area contributed by atoms with Crippen LogP contribution in [0.1, 0.15) is 28.6 Å². The molecule has 1 atom stereocenters. The number of amides is 1. The molecule has 0 bridgehead atoms. The van der Waals surface area contributed by atoms with Gasteiger partial charge in [0.2, 0.25) is 0 Å². The van der Waals surface area contributed by atoms with Crippen LogP contribution in [0.5, 0.6) is 11.5 Å². The van der Waals surface area contributed by atoms with Gasteiger partial charge >= 0.3 is 0 Å². The van der Waals surface area contributed by atoms with Crippen molar-refractivity contribution in [3.05, 3.63) is 63.0 Å². The number of phenolic OH excluding ortho intramolecular Hbond substituents is 1. The zero-order valence-electron chi connectivity index (χ0n) is 21.4. The number of carbonyl (C=O) groups excluding carboxylic acids is 2. The van der Waals surface area contributed by atoms with E-state index in [4.69, 9.17) is 9.47 Å². The lowest BCUT2D eigenvalue weighted by Gasteiger charge is -2.31. The molecular formula is C27H29BrN4O6.